The molecule has 0 radical (unpaired) electrons. The summed E-state index contributed by atoms with van der Waals surface area (Å²) in [5.41, 5.74) is 6.86. The van der Waals surface area contributed by atoms with E-state index >= 15 is 0 Å². The molecule has 0 bridgehead atoms. The molecular weight excluding hydrogens is 260 g/mol. The number of anilines is 1. The molecule has 1 aromatic carbocycles. The minimum atomic E-state index is -3.21. The molecule has 0 aliphatic carbocycles. The van der Waals surface area contributed by atoms with Crippen molar-refractivity contribution in [2.75, 3.05) is 17.7 Å². The van der Waals surface area contributed by atoms with E-state index in [0.29, 0.717) is 4.90 Å². The lowest BCUT2D eigenvalue weighted by Crippen LogP contribution is -2.49. The summed E-state index contributed by atoms with van der Waals surface area (Å²) in [7, 11) is -3.21. The van der Waals surface area contributed by atoms with Crippen LogP contribution in [0.2, 0.25) is 0 Å². The molecule has 2 atom stereocenters. The molecule has 5 heteroatoms. The average molecular weight is 282 g/mol. The van der Waals surface area contributed by atoms with E-state index < -0.39 is 9.84 Å². The highest BCUT2D eigenvalue weighted by Gasteiger charge is 2.28. The van der Waals surface area contributed by atoms with Gasteiger partial charge in [-0.05, 0) is 38.3 Å². The summed E-state index contributed by atoms with van der Waals surface area (Å²) in [6.45, 7) is 2.87. The van der Waals surface area contributed by atoms with Crippen molar-refractivity contribution in [3.63, 3.8) is 0 Å². The van der Waals surface area contributed by atoms with Crippen molar-refractivity contribution < 1.29 is 8.42 Å². The summed E-state index contributed by atoms with van der Waals surface area (Å²) < 4.78 is 23.8. The van der Waals surface area contributed by atoms with Gasteiger partial charge in [0, 0.05) is 24.9 Å². The van der Waals surface area contributed by atoms with Crippen LogP contribution >= 0.6 is 0 Å². The summed E-state index contributed by atoms with van der Waals surface area (Å²) in [5, 5.41) is 0. The number of hydrogen-bond acceptors (Lipinski definition) is 4. The van der Waals surface area contributed by atoms with Gasteiger partial charge in [0.15, 0.2) is 9.84 Å². The highest BCUT2D eigenvalue weighted by Crippen LogP contribution is 2.31. The van der Waals surface area contributed by atoms with Crippen LogP contribution in [0, 0.1) is 0 Å². The third kappa shape index (κ3) is 3.09. The zero-order chi connectivity index (χ0) is 14.0. The van der Waals surface area contributed by atoms with Crippen molar-refractivity contribution in [1.29, 1.82) is 0 Å². The monoisotopic (exact) mass is 282 g/mol. The molecule has 0 aromatic heterocycles. The molecule has 2 N–H and O–H groups in total. The number of rotatable bonds is 3. The number of para-hydroxylation sites is 1. The Morgan fingerprint density at radius 2 is 2.00 bits per heavy atom. The first kappa shape index (κ1) is 14.3. The maximum Gasteiger partial charge on any atom is 0.177 e. The third-order valence-electron chi connectivity index (χ3n) is 3.73. The topological polar surface area (TPSA) is 63.4 Å². The van der Waals surface area contributed by atoms with Crippen LogP contribution in [0.25, 0.3) is 0 Å². The van der Waals surface area contributed by atoms with Crippen LogP contribution in [-0.4, -0.2) is 33.3 Å². The maximum atomic E-state index is 11.9. The van der Waals surface area contributed by atoms with Crippen LogP contribution in [0.5, 0.6) is 0 Å². The van der Waals surface area contributed by atoms with E-state index in [1.54, 1.807) is 12.1 Å². The Bertz CT molecular complexity index is 540. The standard InChI is InChI=1S/C14H22N2O2S/c1-11(15)12-7-5-6-10-16(12)13-8-3-4-9-14(13)19(2,17)18/h3-4,8-9,11-12H,5-7,10,15H2,1-2H3. The molecule has 0 spiro atoms. The normalized spacial score (nSPS) is 22.3. The molecular formula is C14H22N2O2S. The molecule has 106 valence electrons. The largest absolute Gasteiger partial charge is 0.366 e. The van der Waals surface area contributed by atoms with Crippen LogP contribution in [0.3, 0.4) is 0 Å². The van der Waals surface area contributed by atoms with Crippen molar-refractivity contribution in [3.8, 4) is 0 Å². The van der Waals surface area contributed by atoms with Gasteiger partial charge in [0.2, 0.25) is 0 Å². The Labute approximate surface area is 115 Å². The van der Waals surface area contributed by atoms with Crippen LogP contribution in [-0.2, 0) is 9.84 Å². The van der Waals surface area contributed by atoms with Gasteiger partial charge in [0.1, 0.15) is 0 Å². The van der Waals surface area contributed by atoms with Gasteiger partial charge in [-0.15, -0.1) is 0 Å². The lowest BCUT2D eigenvalue weighted by atomic mass is 9.96. The number of benzene rings is 1. The molecule has 2 rings (SSSR count). The Morgan fingerprint density at radius 3 is 2.63 bits per heavy atom. The predicted molar refractivity (Wildman–Crippen MR) is 78.2 cm³/mol. The highest BCUT2D eigenvalue weighted by molar-refractivity contribution is 7.90. The number of piperidine rings is 1. The van der Waals surface area contributed by atoms with Crippen molar-refractivity contribution in [3.05, 3.63) is 24.3 Å². The molecule has 1 aliphatic heterocycles. The maximum absolute atomic E-state index is 11.9. The zero-order valence-electron chi connectivity index (χ0n) is 11.5. The highest BCUT2D eigenvalue weighted by atomic mass is 32.2. The molecule has 2 unspecified atom stereocenters. The van der Waals surface area contributed by atoms with E-state index in [1.807, 2.05) is 19.1 Å². The first-order chi connectivity index (χ1) is 8.91. The van der Waals surface area contributed by atoms with E-state index in [4.69, 9.17) is 5.73 Å². The van der Waals surface area contributed by atoms with Gasteiger partial charge >= 0.3 is 0 Å². The second-order valence-electron chi connectivity index (χ2n) is 5.36. The van der Waals surface area contributed by atoms with E-state index in [-0.39, 0.29) is 12.1 Å². The van der Waals surface area contributed by atoms with Crippen LogP contribution in [0.15, 0.2) is 29.2 Å². The van der Waals surface area contributed by atoms with Gasteiger partial charge in [-0.2, -0.15) is 0 Å². The molecule has 0 saturated carbocycles. The zero-order valence-corrected chi connectivity index (χ0v) is 12.4. The van der Waals surface area contributed by atoms with Gasteiger partial charge in [-0.3, -0.25) is 0 Å². The van der Waals surface area contributed by atoms with E-state index in [9.17, 15) is 8.42 Å². The summed E-state index contributed by atoms with van der Waals surface area (Å²) in [6, 6.07) is 7.47. The fourth-order valence-corrected chi connectivity index (χ4v) is 3.70. The molecule has 19 heavy (non-hydrogen) atoms. The van der Waals surface area contributed by atoms with Crippen LogP contribution in [0.1, 0.15) is 26.2 Å². The Hall–Kier alpha value is -1.07. The SMILES string of the molecule is CC(N)C1CCCCN1c1ccccc1S(C)(=O)=O. The van der Waals surface area contributed by atoms with E-state index in [0.717, 1.165) is 31.5 Å². The second kappa shape index (κ2) is 5.51. The Balaban J connectivity index is 2.45. The minimum absolute atomic E-state index is 0.0351. The number of nitrogens with two attached hydrogens (primary N) is 1. The lowest BCUT2D eigenvalue weighted by Gasteiger charge is -2.40. The fraction of sp³-hybridized carbons (Fsp3) is 0.571. The summed E-state index contributed by atoms with van der Waals surface area (Å²) >= 11 is 0. The predicted octanol–water partition coefficient (Wildman–Crippen LogP) is 1.80. The quantitative estimate of drug-likeness (QED) is 0.918. The smallest absolute Gasteiger partial charge is 0.177 e. The molecule has 1 aliphatic rings. The van der Waals surface area contributed by atoms with E-state index in [1.165, 1.54) is 6.26 Å². The molecule has 1 fully saturated rings. The summed E-state index contributed by atoms with van der Waals surface area (Å²) in [6.07, 6.45) is 4.53. The molecule has 4 nitrogen and oxygen atoms in total. The average Bonchev–Trinajstić information content (AvgIpc) is 2.37. The van der Waals surface area contributed by atoms with Gasteiger partial charge in [0.25, 0.3) is 0 Å². The number of nitrogens with zero attached hydrogens (tertiary/aromatic N) is 1. The number of hydrogen-bond donors (Lipinski definition) is 1. The van der Waals surface area contributed by atoms with Crippen molar-refractivity contribution in [2.24, 2.45) is 5.73 Å². The molecule has 0 amide bonds. The molecule has 1 aromatic rings. The minimum Gasteiger partial charge on any atom is -0.366 e. The van der Waals surface area contributed by atoms with Crippen LogP contribution in [0.4, 0.5) is 5.69 Å². The first-order valence-electron chi connectivity index (χ1n) is 6.72. The van der Waals surface area contributed by atoms with Crippen molar-refractivity contribution in [1.82, 2.24) is 0 Å². The van der Waals surface area contributed by atoms with Gasteiger partial charge < -0.3 is 10.6 Å². The second-order valence-corrected chi connectivity index (χ2v) is 7.34. The van der Waals surface area contributed by atoms with E-state index in [2.05, 4.69) is 4.90 Å². The molecule has 1 heterocycles. The van der Waals surface area contributed by atoms with Gasteiger partial charge in [0.05, 0.1) is 10.6 Å². The Morgan fingerprint density at radius 1 is 1.32 bits per heavy atom. The third-order valence-corrected chi connectivity index (χ3v) is 4.87. The first-order valence-corrected chi connectivity index (χ1v) is 8.61. The summed E-state index contributed by atoms with van der Waals surface area (Å²) in [5.74, 6) is 0. The van der Waals surface area contributed by atoms with Crippen LogP contribution < -0.4 is 10.6 Å². The van der Waals surface area contributed by atoms with Crippen molar-refractivity contribution in [2.45, 2.75) is 43.2 Å². The van der Waals surface area contributed by atoms with Gasteiger partial charge in [-0.25, -0.2) is 8.42 Å². The molecule has 1 saturated heterocycles. The number of sulfone groups is 1. The Kier molecular flexibility index (Phi) is 4.16. The van der Waals surface area contributed by atoms with Gasteiger partial charge in [-0.1, -0.05) is 12.1 Å². The van der Waals surface area contributed by atoms with Crippen molar-refractivity contribution >= 4 is 15.5 Å². The summed E-state index contributed by atoms with van der Waals surface area (Å²) in [4.78, 5) is 2.58. The fourth-order valence-electron chi connectivity index (χ4n) is 2.81. The lowest BCUT2D eigenvalue weighted by molar-refractivity contribution is 0.412.